The molecule has 0 atom stereocenters. The van der Waals surface area contributed by atoms with Crippen molar-refractivity contribution in [3.63, 3.8) is 0 Å². The van der Waals surface area contributed by atoms with E-state index in [9.17, 15) is 9.59 Å². The summed E-state index contributed by atoms with van der Waals surface area (Å²) < 4.78 is 5.21. The van der Waals surface area contributed by atoms with Crippen molar-refractivity contribution in [2.24, 2.45) is 0 Å². The van der Waals surface area contributed by atoms with Crippen LogP contribution in [0.1, 0.15) is 20.8 Å². The SMILES string of the molecule is CN(C)C(=O)N(C)CCN(C)C(=O)OC(C)(C)C. The zero-order chi connectivity index (χ0) is 14.5. The number of urea groups is 1. The van der Waals surface area contributed by atoms with Crippen LogP contribution in [0.5, 0.6) is 0 Å². The van der Waals surface area contributed by atoms with Gasteiger partial charge in [-0.2, -0.15) is 0 Å². The number of amides is 3. The first-order chi connectivity index (χ1) is 8.04. The van der Waals surface area contributed by atoms with Crippen molar-refractivity contribution in [3.8, 4) is 0 Å². The van der Waals surface area contributed by atoms with Crippen molar-refractivity contribution in [1.82, 2.24) is 14.7 Å². The van der Waals surface area contributed by atoms with Crippen molar-refractivity contribution >= 4 is 12.1 Å². The fraction of sp³-hybridized carbons (Fsp3) is 0.833. The molecule has 0 saturated heterocycles. The Bertz CT molecular complexity index is 297. The molecule has 0 N–H and O–H groups in total. The van der Waals surface area contributed by atoms with Gasteiger partial charge in [0, 0.05) is 41.3 Å². The minimum Gasteiger partial charge on any atom is -0.444 e. The third kappa shape index (κ3) is 6.32. The summed E-state index contributed by atoms with van der Waals surface area (Å²) in [6.45, 7) is 6.36. The van der Waals surface area contributed by atoms with E-state index in [2.05, 4.69) is 0 Å². The van der Waals surface area contributed by atoms with E-state index in [1.807, 2.05) is 20.8 Å². The van der Waals surface area contributed by atoms with E-state index < -0.39 is 5.60 Å². The van der Waals surface area contributed by atoms with Crippen LogP contribution >= 0.6 is 0 Å². The van der Waals surface area contributed by atoms with Crippen molar-refractivity contribution in [2.45, 2.75) is 26.4 Å². The predicted octanol–water partition coefficient (Wildman–Crippen LogP) is 1.47. The average Bonchev–Trinajstić information content (AvgIpc) is 2.21. The lowest BCUT2D eigenvalue weighted by Crippen LogP contribution is -2.42. The fourth-order valence-electron chi connectivity index (χ4n) is 1.17. The highest BCUT2D eigenvalue weighted by Crippen LogP contribution is 2.08. The summed E-state index contributed by atoms with van der Waals surface area (Å²) in [5.74, 6) is 0. The molecule has 0 aromatic heterocycles. The second kappa shape index (κ2) is 6.47. The maximum atomic E-state index is 11.7. The monoisotopic (exact) mass is 259 g/mol. The van der Waals surface area contributed by atoms with E-state index >= 15 is 0 Å². The van der Waals surface area contributed by atoms with Crippen LogP contribution in [0.25, 0.3) is 0 Å². The number of likely N-dealkylation sites (N-methyl/N-ethyl adjacent to an activating group) is 2. The molecule has 18 heavy (non-hydrogen) atoms. The largest absolute Gasteiger partial charge is 0.444 e. The second-order valence-corrected chi connectivity index (χ2v) is 5.50. The molecule has 3 amide bonds. The Balaban J connectivity index is 4.14. The molecule has 6 heteroatoms. The molecule has 106 valence electrons. The standard InChI is InChI=1S/C12H25N3O3/c1-12(2,3)18-11(17)15(7)9-8-14(6)10(16)13(4)5/h8-9H2,1-7H3. The van der Waals surface area contributed by atoms with Crippen molar-refractivity contribution in [3.05, 3.63) is 0 Å². The molecule has 0 bridgehead atoms. The molecule has 0 heterocycles. The van der Waals surface area contributed by atoms with Crippen molar-refractivity contribution in [2.75, 3.05) is 41.3 Å². The Kier molecular flexibility index (Phi) is 5.94. The molecule has 0 unspecified atom stereocenters. The fourth-order valence-corrected chi connectivity index (χ4v) is 1.17. The van der Waals surface area contributed by atoms with Crippen LogP contribution < -0.4 is 0 Å². The molecule has 0 fully saturated rings. The van der Waals surface area contributed by atoms with Gasteiger partial charge in [0.15, 0.2) is 0 Å². The van der Waals surface area contributed by atoms with Crippen LogP contribution in [0, 0.1) is 0 Å². The Morgan fingerprint density at radius 1 is 0.944 bits per heavy atom. The third-order valence-electron chi connectivity index (χ3n) is 2.19. The van der Waals surface area contributed by atoms with E-state index in [1.54, 1.807) is 33.1 Å². The predicted molar refractivity (Wildman–Crippen MR) is 70.6 cm³/mol. The highest BCUT2D eigenvalue weighted by atomic mass is 16.6. The number of nitrogens with zero attached hydrogens (tertiary/aromatic N) is 3. The number of hydrogen-bond donors (Lipinski definition) is 0. The molecule has 0 aliphatic rings. The molecule has 0 rings (SSSR count). The summed E-state index contributed by atoms with van der Waals surface area (Å²) in [4.78, 5) is 27.7. The van der Waals surface area contributed by atoms with E-state index in [-0.39, 0.29) is 12.1 Å². The number of carbonyl (C=O) groups is 2. The van der Waals surface area contributed by atoms with Crippen molar-refractivity contribution in [1.29, 1.82) is 0 Å². The van der Waals surface area contributed by atoms with Gasteiger partial charge in [0.2, 0.25) is 0 Å². The summed E-state index contributed by atoms with van der Waals surface area (Å²) in [6, 6.07) is -0.0902. The summed E-state index contributed by atoms with van der Waals surface area (Å²) in [5.41, 5.74) is -0.503. The lowest BCUT2D eigenvalue weighted by atomic mass is 10.2. The Hall–Kier alpha value is -1.46. The summed E-state index contributed by atoms with van der Waals surface area (Å²) in [7, 11) is 6.74. The second-order valence-electron chi connectivity index (χ2n) is 5.50. The highest BCUT2D eigenvalue weighted by Gasteiger charge is 2.20. The zero-order valence-corrected chi connectivity index (χ0v) is 12.5. The first-order valence-electron chi connectivity index (χ1n) is 5.91. The maximum Gasteiger partial charge on any atom is 0.410 e. The number of hydrogen-bond acceptors (Lipinski definition) is 3. The molecule has 0 aliphatic carbocycles. The lowest BCUT2D eigenvalue weighted by Gasteiger charge is -2.27. The number of carbonyl (C=O) groups excluding carboxylic acids is 2. The van der Waals surface area contributed by atoms with Gasteiger partial charge in [-0.15, -0.1) is 0 Å². The molecule has 0 aromatic carbocycles. The van der Waals surface area contributed by atoms with Gasteiger partial charge in [-0.3, -0.25) is 0 Å². The number of ether oxygens (including phenoxy) is 1. The lowest BCUT2D eigenvalue weighted by molar-refractivity contribution is 0.0289. The summed E-state index contributed by atoms with van der Waals surface area (Å²) in [5, 5.41) is 0. The van der Waals surface area contributed by atoms with Crippen LogP contribution in [0.4, 0.5) is 9.59 Å². The van der Waals surface area contributed by atoms with Crippen molar-refractivity contribution < 1.29 is 14.3 Å². The minimum atomic E-state index is -0.503. The van der Waals surface area contributed by atoms with Gasteiger partial charge in [-0.1, -0.05) is 0 Å². The maximum absolute atomic E-state index is 11.7. The van der Waals surface area contributed by atoms with E-state index in [4.69, 9.17) is 4.74 Å². The van der Waals surface area contributed by atoms with E-state index in [0.717, 1.165) is 0 Å². The van der Waals surface area contributed by atoms with Crippen LogP contribution in [0.3, 0.4) is 0 Å². The molecular formula is C12H25N3O3. The van der Waals surface area contributed by atoms with Gasteiger partial charge in [-0.05, 0) is 20.8 Å². The molecule has 0 saturated carbocycles. The summed E-state index contributed by atoms with van der Waals surface area (Å²) >= 11 is 0. The highest BCUT2D eigenvalue weighted by molar-refractivity contribution is 5.73. The number of rotatable bonds is 3. The topological polar surface area (TPSA) is 53.1 Å². The summed E-state index contributed by atoms with van der Waals surface area (Å²) in [6.07, 6.45) is -0.381. The van der Waals surface area contributed by atoms with Gasteiger partial charge in [-0.25, -0.2) is 9.59 Å². The Morgan fingerprint density at radius 3 is 1.78 bits per heavy atom. The Labute approximate surface area is 109 Å². The molecule has 0 aromatic rings. The quantitative estimate of drug-likeness (QED) is 0.771. The van der Waals surface area contributed by atoms with Crippen LogP contribution in [0.2, 0.25) is 0 Å². The Morgan fingerprint density at radius 2 is 1.39 bits per heavy atom. The molecular weight excluding hydrogens is 234 g/mol. The van der Waals surface area contributed by atoms with Gasteiger partial charge in [0.1, 0.15) is 5.60 Å². The smallest absolute Gasteiger partial charge is 0.410 e. The molecule has 0 aliphatic heterocycles. The van der Waals surface area contributed by atoms with Gasteiger partial charge in [0.25, 0.3) is 0 Å². The third-order valence-corrected chi connectivity index (χ3v) is 2.19. The van der Waals surface area contributed by atoms with Crippen LogP contribution in [0.15, 0.2) is 0 Å². The zero-order valence-electron chi connectivity index (χ0n) is 12.5. The molecule has 6 nitrogen and oxygen atoms in total. The van der Waals surface area contributed by atoms with Gasteiger partial charge < -0.3 is 19.4 Å². The van der Waals surface area contributed by atoms with Crippen LogP contribution in [-0.4, -0.2) is 73.7 Å². The average molecular weight is 259 g/mol. The first-order valence-corrected chi connectivity index (χ1v) is 5.91. The van der Waals surface area contributed by atoms with Crippen LogP contribution in [-0.2, 0) is 4.74 Å². The van der Waals surface area contributed by atoms with Gasteiger partial charge >= 0.3 is 12.1 Å². The normalized spacial score (nSPS) is 10.8. The molecule has 0 spiro atoms. The first kappa shape index (κ1) is 16.5. The van der Waals surface area contributed by atoms with Gasteiger partial charge in [0.05, 0.1) is 0 Å². The van der Waals surface area contributed by atoms with E-state index in [0.29, 0.717) is 13.1 Å². The molecule has 0 radical (unpaired) electrons. The minimum absolute atomic E-state index is 0.0902. The van der Waals surface area contributed by atoms with E-state index in [1.165, 1.54) is 9.80 Å².